The molecule has 0 radical (unpaired) electrons. The van der Waals surface area contributed by atoms with Crippen LogP contribution in [0.3, 0.4) is 0 Å². The van der Waals surface area contributed by atoms with E-state index < -0.39 is 0 Å². The number of hydrogen-bond acceptors (Lipinski definition) is 4. The molecule has 0 amide bonds. The summed E-state index contributed by atoms with van der Waals surface area (Å²) < 4.78 is 1.71. The van der Waals surface area contributed by atoms with Gasteiger partial charge >= 0.3 is 5.69 Å². The Morgan fingerprint density at radius 1 is 1.16 bits per heavy atom. The van der Waals surface area contributed by atoms with Crippen molar-refractivity contribution in [2.24, 2.45) is 0 Å². The van der Waals surface area contributed by atoms with Crippen molar-refractivity contribution in [2.75, 3.05) is 13.1 Å². The molecule has 0 bridgehead atoms. The Kier molecular flexibility index (Phi) is 4.36. The smallest absolute Gasteiger partial charge is 0.297 e. The fraction of sp³-hybridized carbons (Fsp3) is 0.421. The summed E-state index contributed by atoms with van der Waals surface area (Å²) in [4.78, 5) is 26.9. The summed E-state index contributed by atoms with van der Waals surface area (Å²) in [6, 6.07) is 9.91. The van der Waals surface area contributed by atoms with Gasteiger partial charge in [0.2, 0.25) is 0 Å². The van der Waals surface area contributed by atoms with Crippen molar-refractivity contribution in [1.82, 2.24) is 24.4 Å². The second kappa shape index (κ2) is 6.80. The molecule has 3 aromatic rings. The second-order valence-corrected chi connectivity index (χ2v) is 6.76. The molecule has 0 spiro atoms. The highest BCUT2D eigenvalue weighted by Crippen LogP contribution is 2.20. The van der Waals surface area contributed by atoms with E-state index in [0.29, 0.717) is 11.3 Å². The molecule has 1 aliphatic rings. The highest BCUT2D eigenvalue weighted by atomic mass is 16.1. The normalized spacial score (nSPS) is 17.0. The van der Waals surface area contributed by atoms with Gasteiger partial charge < -0.3 is 0 Å². The lowest BCUT2D eigenvalue weighted by molar-refractivity contribution is 0.218. The van der Waals surface area contributed by atoms with E-state index in [1.165, 1.54) is 19.3 Å². The Morgan fingerprint density at radius 2 is 1.92 bits per heavy atom. The van der Waals surface area contributed by atoms with Crippen LogP contribution in [-0.2, 0) is 6.54 Å². The van der Waals surface area contributed by atoms with E-state index in [9.17, 15) is 4.79 Å². The monoisotopic (exact) mass is 337 g/mol. The van der Waals surface area contributed by atoms with Crippen LogP contribution in [0.5, 0.6) is 0 Å². The Bertz CT molecular complexity index is 908. The number of piperidine rings is 1. The lowest BCUT2D eigenvalue weighted by Gasteiger charge is -2.25. The molecular weight excluding hydrogens is 314 g/mol. The quantitative estimate of drug-likeness (QED) is 0.795. The predicted octanol–water partition coefficient (Wildman–Crippen LogP) is 2.71. The molecule has 6 nitrogen and oxygen atoms in total. The van der Waals surface area contributed by atoms with Gasteiger partial charge in [-0.2, -0.15) is 0 Å². The number of nitrogens with one attached hydrogen (secondary N) is 1. The van der Waals surface area contributed by atoms with E-state index in [-0.39, 0.29) is 11.7 Å². The second-order valence-electron chi connectivity index (χ2n) is 6.76. The van der Waals surface area contributed by atoms with Crippen LogP contribution in [0.2, 0.25) is 0 Å². The average Bonchev–Trinajstić information content (AvgIpc) is 2.98. The maximum atomic E-state index is 12.5. The predicted molar refractivity (Wildman–Crippen MR) is 97.5 cm³/mol. The van der Waals surface area contributed by atoms with E-state index in [2.05, 4.69) is 14.9 Å². The molecule has 1 fully saturated rings. The molecule has 0 saturated carbocycles. The van der Waals surface area contributed by atoms with Crippen LogP contribution >= 0.6 is 0 Å². The molecule has 1 aromatic carbocycles. The minimum Gasteiger partial charge on any atom is -0.297 e. The van der Waals surface area contributed by atoms with Gasteiger partial charge in [-0.1, -0.05) is 36.8 Å². The maximum absolute atomic E-state index is 12.5. The Labute approximate surface area is 146 Å². The standard InChI is InChI=1S/C19H23N5O/c1-14(15-8-4-2-5-9-15)24-18-17(22-19(24)25)20-12-16(21-18)13-23-10-6-3-7-11-23/h2,4-5,8-9,12,14H,3,6-7,10-11,13H2,1H3,(H,20,22,25)/t14-/m0/s1. The molecule has 3 heterocycles. The van der Waals surface area contributed by atoms with Crippen molar-refractivity contribution in [3.05, 3.63) is 58.3 Å². The summed E-state index contributed by atoms with van der Waals surface area (Å²) in [5, 5.41) is 0. The number of imidazole rings is 1. The zero-order valence-electron chi connectivity index (χ0n) is 14.5. The van der Waals surface area contributed by atoms with Crippen molar-refractivity contribution < 1.29 is 0 Å². The molecule has 0 unspecified atom stereocenters. The van der Waals surface area contributed by atoms with Crippen molar-refractivity contribution in [1.29, 1.82) is 0 Å². The summed E-state index contributed by atoms with van der Waals surface area (Å²) >= 11 is 0. The third kappa shape index (κ3) is 3.22. The third-order valence-corrected chi connectivity index (χ3v) is 4.98. The molecule has 1 saturated heterocycles. The van der Waals surface area contributed by atoms with Crippen molar-refractivity contribution >= 4 is 11.3 Å². The Morgan fingerprint density at radius 3 is 2.68 bits per heavy atom. The number of aromatic amines is 1. The van der Waals surface area contributed by atoms with Crippen LogP contribution in [-0.4, -0.2) is 37.5 Å². The molecule has 0 aliphatic carbocycles. The SMILES string of the molecule is C[C@@H](c1ccccc1)n1c(=O)[nH]c2ncc(CN3CCCCC3)nc21. The van der Waals surface area contributed by atoms with Gasteiger partial charge in [0.1, 0.15) is 0 Å². The van der Waals surface area contributed by atoms with Crippen LogP contribution in [0, 0.1) is 0 Å². The Balaban J connectivity index is 1.70. The summed E-state index contributed by atoms with van der Waals surface area (Å²) in [6.07, 6.45) is 5.59. The number of nitrogens with zero attached hydrogens (tertiary/aromatic N) is 4. The third-order valence-electron chi connectivity index (χ3n) is 4.98. The number of benzene rings is 1. The summed E-state index contributed by atoms with van der Waals surface area (Å²) in [7, 11) is 0. The molecule has 25 heavy (non-hydrogen) atoms. The van der Waals surface area contributed by atoms with Gasteiger partial charge in [-0.3, -0.25) is 14.5 Å². The number of hydrogen-bond donors (Lipinski definition) is 1. The van der Waals surface area contributed by atoms with Crippen LogP contribution in [0.4, 0.5) is 0 Å². The van der Waals surface area contributed by atoms with Crippen molar-refractivity contribution in [3.8, 4) is 0 Å². The Hall–Kier alpha value is -2.47. The molecule has 4 rings (SSSR count). The topological polar surface area (TPSA) is 66.8 Å². The number of H-pyrrole nitrogens is 1. The van der Waals surface area contributed by atoms with E-state index in [1.54, 1.807) is 10.8 Å². The van der Waals surface area contributed by atoms with Crippen LogP contribution in [0.15, 0.2) is 41.3 Å². The van der Waals surface area contributed by atoms with Gasteiger partial charge in [0.05, 0.1) is 17.9 Å². The zero-order chi connectivity index (χ0) is 17.2. The molecule has 1 aliphatic heterocycles. The van der Waals surface area contributed by atoms with Crippen molar-refractivity contribution in [2.45, 2.75) is 38.8 Å². The van der Waals surface area contributed by atoms with E-state index in [0.717, 1.165) is 30.9 Å². The fourth-order valence-electron chi connectivity index (χ4n) is 3.59. The van der Waals surface area contributed by atoms with Gasteiger partial charge in [0.15, 0.2) is 11.3 Å². The summed E-state index contributed by atoms with van der Waals surface area (Å²) in [5.74, 6) is 0. The number of likely N-dealkylation sites (tertiary alicyclic amines) is 1. The molecule has 6 heteroatoms. The minimum absolute atomic E-state index is 0.0954. The number of fused-ring (bicyclic) bond motifs is 1. The first-order valence-electron chi connectivity index (χ1n) is 8.96. The van der Waals surface area contributed by atoms with Crippen LogP contribution < -0.4 is 5.69 Å². The first kappa shape index (κ1) is 16.0. The van der Waals surface area contributed by atoms with Crippen LogP contribution in [0.25, 0.3) is 11.3 Å². The molecule has 1 atom stereocenters. The zero-order valence-corrected chi connectivity index (χ0v) is 14.5. The minimum atomic E-state index is -0.165. The van der Waals surface area contributed by atoms with Gasteiger partial charge in [0, 0.05) is 6.54 Å². The van der Waals surface area contributed by atoms with E-state index >= 15 is 0 Å². The van der Waals surface area contributed by atoms with Gasteiger partial charge in [-0.15, -0.1) is 0 Å². The first-order valence-corrected chi connectivity index (χ1v) is 8.96. The molecule has 130 valence electrons. The lowest BCUT2D eigenvalue weighted by atomic mass is 10.1. The van der Waals surface area contributed by atoms with E-state index in [1.807, 2.05) is 37.3 Å². The molecular formula is C19H23N5O. The summed E-state index contributed by atoms with van der Waals surface area (Å²) in [6.45, 7) is 5.03. The van der Waals surface area contributed by atoms with Gasteiger partial charge in [-0.05, 0) is 38.4 Å². The lowest BCUT2D eigenvalue weighted by Crippen LogP contribution is -2.29. The first-order chi connectivity index (χ1) is 12.2. The number of aromatic nitrogens is 4. The molecule has 1 N–H and O–H groups in total. The summed E-state index contributed by atoms with van der Waals surface area (Å²) in [5.41, 5.74) is 3.02. The van der Waals surface area contributed by atoms with Gasteiger partial charge in [0.25, 0.3) is 0 Å². The fourth-order valence-corrected chi connectivity index (χ4v) is 3.59. The molecule has 2 aromatic heterocycles. The average molecular weight is 337 g/mol. The van der Waals surface area contributed by atoms with E-state index in [4.69, 9.17) is 4.98 Å². The van der Waals surface area contributed by atoms with Gasteiger partial charge in [-0.25, -0.2) is 14.8 Å². The van der Waals surface area contributed by atoms with Crippen molar-refractivity contribution in [3.63, 3.8) is 0 Å². The maximum Gasteiger partial charge on any atom is 0.329 e. The number of rotatable bonds is 4. The largest absolute Gasteiger partial charge is 0.329 e. The highest BCUT2D eigenvalue weighted by Gasteiger charge is 2.18. The van der Waals surface area contributed by atoms with Crippen LogP contribution in [0.1, 0.15) is 43.5 Å². The highest BCUT2D eigenvalue weighted by molar-refractivity contribution is 5.65.